The molecule has 0 spiro atoms. The van der Waals surface area contributed by atoms with Gasteiger partial charge in [-0.3, -0.25) is 0 Å². The molecule has 2 rings (SSSR count). The monoisotopic (exact) mass is 231 g/mol. The highest BCUT2D eigenvalue weighted by Gasteiger charge is 2.30. The lowest BCUT2D eigenvalue weighted by Gasteiger charge is -2.33. The van der Waals surface area contributed by atoms with Gasteiger partial charge in [-0.1, -0.05) is 12.1 Å². The van der Waals surface area contributed by atoms with Crippen LogP contribution < -0.4 is 5.32 Å². The van der Waals surface area contributed by atoms with Crippen molar-refractivity contribution in [1.82, 2.24) is 5.32 Å². The number of β-amino-alcohol motifs (C(OH)–C–C–N with tert-alkyl or cyclic N) is 1. The molecule has 1 unspecified atom stereocenters. The van der Waals surface area contributed by atoms with Crippen LogP contribution in [0.1, 0.15) is 18.4 Å². The predicted molar refractivity (Wildman–Crippen MR) is 59.6 cm³/mol. The molecule has 1 atom stereocenters. The number of benzene rings is 1. The smallest absolute Gasteiger partial charge is 0.123 e. The average molecular weight is 232 g/mol. The molecule has 2 N–H and O–H groups in total. The number of rotatable bonds is 1. The molecule has 0 aliphatic carbocycles. The van der Waals surface area contributed by atoms with Crippen LogP contribution >= 0.6 is 12.4 Å². The summed E-state index contributed by atoms with van der Waals surface area (Å²) in [6.45, 7) is 1.50. The van der Waals surface area contributed by atoms with E-state index in [0.29, 0.717) is 6.54 Å². The van der Waals surface area contributed by atoms with E-state index in [1.165, 1.54) is 12.1 Å². The summed E-state index contributed by atoms with van der Waals surface area (Å²) in [5.41, 5.74) is -0.0162. The van der Waals surface area contributed by atoms with E-state index in [0.717, 1.165) is 24.9 Å². The van der Waals surface area contributed by atoms with E-state index >= 15 is 0 Å². The molecule has 1 aliphatic rings. The molecule has 0 saturated carbocycles. The fourth-order valence-corrected chi connectivity index (χ4v) is 1.90. The third kappa shape index (κ3) is 2.68. The Balaban J connectivity index is 0.00000112. The number of hydrogen-bond acceptors (Lipinski definition) is 2. The molecule has 4 heteroatoms. The summed E-state index contributed by atoms with van der Waals surface area (Å²) in [5.74, 6) is -0.263. The van der Waals surface area contributed by atoms with Gasteiger partial charge in [-0.2, -0.15) is 0 Å². The third-order valence-corrected chi connectivity index (χ3v) is 2.74. The lowest BCUT2D eigenvalue weighted by Crippen LogP contribution is -2.43. The second-order valence-corrected chi connectivity index (χ2v) is 3.82. The highest BCUT2D eigenvalue weighted by atomic mass is 35.5. The van der Waals surface area contributed by atoms with Gasteiger partial charge in [0.15, 0.2) is 0 Å². The van der Waals surface area contributed by atoms with Crippen LogP contribution in [0, 0.1) is 5.82 Å². The Bertz CT molecular complexity index is 309. The summed E-state index contributed by atoms with van der Waals surface area (Å²) in [7, 11) is 0. The second-order valence-electron chi connectivity index (χ2n) is 3.82. The average Bonchev–Trinajstić information content (AvgIpc) is 2.19. The Hall–Kier alpha value is -0.640. The summed E-state index contributed by atoms with van der Waals surface area (Å²) in [6, 6.07) is 6.09. The molecule has 84 valence electrons. The Labute approximate surface area is 94.9 Å². The van der Waals surface area contributed by atoms with Gasteiger partial charge in [0, 0.05) is 6.54 Å². The Morgan fingerprint density at radius 1 is 1.27 bits per heavy atom. The van der Waals surface area contributed by atoms with Crippen molar-refractivity contribution in [3.63, 3.8) is 0 Å². The van der Waals surface area contributed by atoms with Gasteiger partial charge in [-0.05, 0) is 37.1 Å². The van der Waals surface area contributed by atoms with Crippen LogP contribution in [0.5, 0.6) is 0 Å². The van der Waals surface area contributed by atoms with Crippen molar-refractivity contribution >= 4 is 12.4 Å². The fourth-order valence-electron chi connectivity index (χ4n) is 1.90. The van der Waals surface area contributed by atoms with Crippen molar-refractivity contribution in [2.75, 3.05) is 13.1 Å². The van der Waals surface area contributed by atoms with Crippen molar-refractivity contribution in [3.8, 4) is 0 Å². The molecular formula is C11H15ClFNO. The maximum Gasteiger partial charge on any atom is 0.123 e. The first-order valence-electron chi connectivity index (χ1n) is 4.90. The standard InChI is InChI=1S/C11H14FNO.ClH/c12-10-4-2-9(3-5-10)11(14)6-1-7-13-8-11;/h2-5,13-14H,1,6-8H2;1H. The molecule has 0 bridgehead atoms. The fraction of sp³-hybridized carbons (Fsp3) is 0.455. The van der Waals surface area contributed by atoms with E-state index in [1.54, 1.807) is 12.1 Å². The molecule has 1 aliphatic heterocycles. The van der Waals surface area contributed by atoms with Gasteiger partial charge in [-0.25, -0.2) is 4.39 Å². The molecule has 1 heterocycles. The van der Waals surface area contributed by atoms with Gasteiger partial charge in [0.2, 0.25) is 0 Å². The summed E-state index contributed by atoms with van der Waals surface area (Å²) in [4.78, 5) is 0. The zero-order valence-corrected chi connectivity index (χ0v) is 9.19. The third-order valence-electron chi connectivity index (χ3n) is 2.74. The lowest BCUT2D eigenvalue weighted by molar-refractivity contribution is 0.0122. The minimum Gasteiger partial charge on any atom is -0.384 e. The van der Waals surface area contributed by atoms with E-state index < -0.39 is 5.60 Å². The minimum absolute atomic E-state index is 0. The van der Waals surface area contributed by atoms with Gasteiger partial charge in [0.05, 0.1) is 0 Å². The zero-order valence-electron chi connectivity index (χ0n) is 8.37. The van der Waals surface area contributed by atoms with Crippen molar-refractivity contribution in [3.05, 3.63) is 35.6 Å². The van der Waals surface area contributed by atoms with E-state index in [1.807, 2.05) is 0 Å². The molecule has 2 nitrogen and oxygen atoms in total. The lowest BCUT2D eigenvalue weighted by atomic mass is 9.87. The first-order valence-corrected chi connectivity index (χ1v) is 4.90. The summed E-state index contributed by atoms with van der Waals surface area (Å²) in [5, 5.41) is 13.4. The molecule has 1 fully saturated rings. The molecule has 1 saturated heterocycles. The van der Waals surface area contributed by atoms with Crippen LogP contribution in [-0.4, -0.2) is 18.2 Å². The van der Waals surface area contributed by atoms with Crippen LogP contribution in [0.4, 0.5) is 4.39 Å². The summed E-state index contributed by atoms with van der Waals surface area (Å²) in [6.07, 6.45) is 1.69. The number of nitrogens with one attached hydrogen (secondary N) is 1. The predicted octanol–water partition coefficient (Wildman–Crippen LogP) is 1.82. The number of aliphatic hydroxyl groups is 1. The highest BCUT2D eigenvalue weighted by molar-refractivity contribution is 5.85. The molecule has 15 heavy (non-hydrogen) atoms. The normalized spacial score (nSPS) is 25.7. The van der Waals surface area contributed by atoms with Crippen LogP contribution in [0.2, 0.25) is 0 Å². The Morgan fingerprint density at radius 2 is 1.93 bits per heavy atom. The van der Waals surface area contributed by atoms with Gasteiger partial charge in [-0.15, -0.1) is 12.4 Å². The van der Waals surface area contributed by atoms with Crippen LogP contribution in [-0.2, 0) is 5.60 Å². The number of piperidine rings is 1. The Kier molecular flexibility index (Phi) is 4.08. The van der Waals surface area contributed by atoms with Crippen molar-refractivity contribution in [1.29, 1.82) is 0 Å². The zero-order chi connectivity index (χ0) is 10.0. The van der Waals surface area contributed by atoms with Crippen LogP contribution in [0.15, 0.2) is 24.3 Å². The quantitative estimate of drug-likeness (QED) is 0.773. The van der Waals surface area contributed by atoms with E-state index in [4.69, 9.17) is 0 Å². The van der Waals surface area contributed by atoms with E-state index in [2.05, 4.69) is 5.32 Å². The molecule has 1 aromatic carbocycles. The van der Waals surface area contributed by atoms with Crippen molar-refractivity contribution in [2.24, 2.45) is 0 Å². The highest BCUT2D eigenvalue weighted by Crippen LogP contribution is 2.27. The molecular weight excluding hydrogens is 217 g/mol. The first-order chi connectivity index (χ1) is 6.71. The van der Waals surface area contributed by atoms with Gasteiger partial charge >= 0.3 is 0 Å². The molecule has 0 aromatic heterocycles. The van der Waals surface area contributed by atoms with Gasteiger partial charge in [0.1, 0.15) is 11.4 Å². The minimum atomic E-state index is -0.814. The molecule has 1 aromatic rings. The summed E-state index contributed by atoms with van der Waals surface area (Å²) >= 11 is 0. The van der Waals surface area contributed by atoms with Crippen molar-refractivity contribution in [2.45, 2.75) is 18.4 Å². The van der Waals surface area contributed by atoms with Crippen LogP contribution in [0.3, 0.4) is 0 Å². The number of halogens is 2. The molecule has 0 radical (unpaired) electrons. The van der Waals surface area contributed by atoms with Crippen molar-refractivity contribution < 1.29 is 9.50 Å². The largest absolute Gasteiger partial charge is 0.384 e. The van der Waals surface area contributed by atoms with E-state index in [-0.39, 0.29) is 18.2 Å². The second kappa shape index (κ2) is 4.92. The molecule has 0 amide bonds. The first kappa shape index (κ1) is 12.4. The van der Waals surface area contributed by atoms with Crippen LogP contribution in [0.25, 0.3) is 0 Å². The maximum absolute atomic E-state index is 12.7. The van der Waals surface area contributed by atoms with Gasteiger partial charge in [0.25, 0.3) is 0 Å². The SMILES string of the molecule is Cl.OC1(c2ccc(F)cc2)CCCNC1. The Morgan fingerprint density at radius 3 is 2.47 bits per heavy atom. The maximum atomic E-state index is 12.7. The number of hydrogen-bond donors (Lipinski definition) is 2. The van der Waals surface area contributed by atoms with Gasteiger partial charge < -0.3 is 10.4 Å². The van der Waals surface area contributed by atoms with E-state index in [9.17, 15) is 9.50 Å². The summed E-state index contributed by atoms with van der Waals surface area (Å²) < 4.78 is 12.7. The topological polar surface area (TPSA) is 32.3 Å².